The van der Waals surface area contributed by atoms with Crippen molar-refractivity contribution in [2.24, 2.45) is 0 Å². The number of thiazole rings is 1. The van der Waals surface area contributed by atoms with Gasteiger partial charge in [0.25, 0.3) is 11.8 Å². The number of aromatic nitrogens is 1. The number of hydrogen-bond acceptors (Lipinski definition) is 6. The summed E-state index contributed by atoms with van der Waals surface area (Å²) in [4.78, 5) is 49.9. The lowest BCUT2D eigenvalue weighted by Crippen LogP contribution is -2.32. The molecule has 1 aliphatic carbocycles. The summed E-state index contributed by atoms with van der Waals surface area (Å²) in [6.45, 7) is 1.50. The topological polar surface area (TPSA) is 85.7 Å². The van der Waals surface area contributed by atoms with E-state index >= 15 is 0 Å². The van der Waals surface area contributed by atoms with Crippen LogP contribution in [0.5, 0.6) is 0 Å². The summed E-state index contributed by atoms with van der Waals surface area (Å²) in [6.07, 6.45) is 2.65. The summed E-state index contributed by atoms with van der Waals surface area (Å²) in [5.74, 6) is -2.38. The van der Waals surface area contributed by atoms with E-state index in [2.05, 4.69) is 0 Å². The Kier molecular flexibility index (Phi) is 4.62. The van der Waals surface area contributed by atoms with Gasteiger partial charge in [0, 0.05) is 11.1 Å². The second-order valence-electron chi connectivity index (χ2n) is 6.64. The molecule has 1 aromatic carbocycles. The zero-order valence-corrected chi connectivity index (χ0v) is 15.9. The van der Waals surface area contributed by atoms with Crippen LogP contribution in [-0.4, -0.2) is 29.0 Å². The molecule has 28 heavy (non-hydrogen) atoms. The van der Waals surface area contributed by atoms with E-state index in [0.717, 1.165) is 35.1 Å². The summed E-state index contributed by atoms with van der Waals surface area (Å²) >= 11 is 0.787. The normalized spacial score (nSPS) is 16.9. The standard InChI is InChI=1S/C19H17FN2O5S/c1-2-27-16(23)9-21-14-8-13(12(20)7-15(14)28-19(21)26)22-17(24)10-5-3-4-6-11(10)18(22)25/h7-8H,2-6,9H2,1H3. The lowest BCUT2D eigenvalue weighted by molar-refractivity contribution is -0.143. The van der Waals surface area contributed by atoms with E-state index in [9.17, 15) is 23.6 Å². The molecule has 7 nitrogen and oxygen atoms in total. The molecule has 2 aromatic rings. The molecule has 0 saturated carbocycles. The van der Waals surface area contributed by atoms with Crippen LogP contribution in [0.3, 0.4) is 0 Å². The van der Waals surface area contributed by atoms with Gasteiger partial charge in [-0.15, -0.1) is 0 Å². The number of amides is 2. The van der Waals surface area contributed by atoms with E-state index in [4.69, 9.17) is 4.74 Å². The number of benzene rings is 1. The van der Waals surface area contributed by atoms with Crippen LogP contribution in [0.2, 0.25) is 0 Å². The number of carbonyl (C=O) groups is 3. The highest BCUT2D eigenvalue weighted by Crippen LogP contribution is 2.37. The summed E-state index contributed by atoms with van der Waals surface area (Å²) < 4.78 is 21.1. The Morgan fingerprint density at radius 3 is 2.39 bits per heavy atom. The van der Waals surface area contributed by atoms with Gasteiger partial charge in [0.2, 0.25) is 0 Å². The fourth-order valence-electron chi connectivity index (χ4n) is 3.69. The zero-order valence-electron chi connectivity index (χ0n) is 15.1. The number of fused-ring (bicyclic) bond motifs is 1. The highest BCUT2D eigenvalue weighted by atomic mass is 32.1. The van der Waals surface area contributed by atoms with Crippen LogP contribution < -0.4 is 9.77 Å². The minimum atomic E-state index is -0.765. The lowest BCUT2D eigenvalue weighted by Gasteiger charge is -2.16. The molecule has 4 rings (SSSR count). The van der Waals surface area contributed by atoms with Crippen molar-refractivity contribution in [1.29, 1.82) is 0 Å². The third-order valence-corrected chi connectivity index (χ3v) is 5.90. The molecule has 0 radical (unpaired) electrons. The molecule has 9 heteroatoms. The quantitative estimate of drug-likeness (QED) is 0.577. The molecule has 0 unspecified atom stereocenters. The van der Waals surface area contributed by atoms with Gasteiger partial charge in [0.05, 0.1) is 22.5 Å². The fraction of sp³-hybridized carbons (Fsp3) is 0.368. The first-order valence-corrected chi connectivity index (χ1v) is 9.83. The number of halogens is 1. The first-order valence-electron chi connectivity index (χ1n) is 9.01. The molecule has 0 N–H and O–H groups in total. The summed E-state index contributed by atoms with van der Waals surface area (Å²) in [7, 11) is 0. The van der Waals surface area contributed by atoms with Crippen molar-refractivity contribution in [2.45, 2.75) is 39.2 Å². The van der Waals surface area contributed by atoms with Crippen molar-refractivity contribution in [3.05, 3.63) is 38.8 Å². The maximum Gasteiger partial charge on any atom is 0.326 e. The Balaban J connectivity index is 1.79. The Bertz CT molecular complexity index is 1090. The SMILES string of the molecule is CCOC(=O)Cn1c(=O)sc2cc(F)c(N3C(=O)C4=C(CCCC4)C3=O)cc21. The molecule has 0 spiro atoms. The van der Waals surface area contributed by atoms with Crippen LogP contribution in [0.25, 0.3) is 10.2 Å². The van der Waals surface area contributed by atoms with Crippen LogP contribution in [0.4, 0.5) is 10.1 Å². The second-order valence-corrected chi connectivity index (χ2v) is 7.63. The molecule has 0 bridgehead atoms. The maximum atomic E-state index is 14.8. The van der Waals surface area contributed by atoms with Gasteiger partial charge < -0.3 is 4.74 Å². The third-order valence-electron chi connectivity index (χ3n) is 4.96. The van der Waals surface area contributed by atoms with Gasteiger partial charge in [0.15, 0.2) is 0 Å². The molecule has 2 amide bonds. The molecule has 1 aliphatic heterocycles. The predicted octanol–water partition coefficient (Wildman–Crippen LogP) is 2.51. The number of carbonyl (C=O) groups excluding carboxylic acids is 3. The van der Waals surface area contributed by atoms with Crippen molar-refractivity contribution < 1.29 is 23.5 Å². The zero-order chi connectivity index (χ0) is 20.0. The average Bonchev–Trinajstić information content (AvgIpc) is 3.09. The molecular formula is C19H17FN2O5S. The predicted molar refractivity (Wildman–Crippen MR) is 101 cm³/mol. The molecule has 0 atom stereocenters. The Morgan fingerprint density at radius 1 is 1.14 bits per heavy atom. The van der Waals surface area contributed by atoms with Crippen molar-refractivity contribution in [3.63, 3.8) is 0 Å². The smallest absolute Gasteiger partial charge is 0.326 e. The Morgan fingerprint density at radius 2 is 1.79 bits per heavy atom. The van der Waals surface area contributed by atoms with Crippen LogP contribution in [0.1, 0.15) is 32.6 Å². The van der Waals surface area contributed by atoms with E-state index < -0.39 is 28.5 Å². The van der Waals surface area contributed by atoms with Crippen molar-refractivity contribution in [3.8, 4) is 0 Å². The van der Waals surface area contributed by atoms with Crippen molar-refractivity contribution >= 4 is 45.0 Å². The van der Waals surface area contributed by atoms with E-state index in [1.54, 1.807) is 6.92 Å². The number of anilines is 1. The van der Waals surface area contributed by atoms with Gasteiger partial charge in [-0.1, -0.05) is 11.3 Å². The number of imide groups is 1. The molecule has 2 aliphatic rings. The van der Waals surface area contributed by atoms with Gasteiger partial charge in [-0.25, -0.2) is 9.29 Å². The lowest BCUT2D eigenvalue weighted by atomic mass is 9.93. The van der Waals surface area contributed by atoms with Gasteiger partial charge in [0.1, 0.15) is 12.4 Å². The van der Waals surface area contributed by atoms with Crippen LogP contribution >= 0.6 is 11.3 Å². The number of esters is 1. The van der Waals surface area contributed by atoms with E-state index in [1.165, 1.54) is 10.6 Å². The monoisotopic (exact) mass is 404 g/mol. The van der Waals surface area contributed by atoms with Crippen LogP contribution in [-0.2, 0) is 25.7 Å². The summed E-state index contributed by atoms with van der Waals surface area (Å²) in [5.41, 5.74) is 0.979. The van der Waals surface area contributed by atoms with Gasteiger partial charge in [-0.2, -0.15) is 0 Å². The molecular weight excluding hydrogens is 387 g/mol. The molecule has 146 valence electrons. The third kappa shape index (κ3) is 2.86. The molecule has 1 aromatic heterocycles. The highest BCUT2D eigenvalue weighted by Gasteiger charge is 2.41. The second kappa shape index (κ2) is 6.97. The minimum Gasteiger partial charge on any atom is -0.465 e. The number of ether oxygens (including phenoxy) is 1. The number of rotatable bonds is 4. The molecule has 2 heterocycles. The van der Waals surface area contributed by atoms with Gasteiger partial charge in [-0.05, 0) is 44.7 Å². The van der Waals surface area contributed by atoms with Crippen molar-refractivity contribution in [1.82, 2.24) is 4.57 Å². The highest BCUT2D eigenvalue weighted by molar-refractivity contribution is 7.16. The first-order chi connectivity index (χ1) is 13.4. The van der Waals surface area contributed by atoms with Crippen LogP contribution in [0, 0.1) is 5.82 Å². The minimum absolute atomic E-state index is 0.170. The summed E-state index contributed by atoms with van der Waals surface area (Å²) in [5, 5.41) is 0. The summed E-state index contributed by atoms with van der Waals surface area (Å²) in [6, 6.07) is 2.41. The molecule has 0 saturated heterocycles. The van der Waals surface area contributed by atoms with Gasteiger partial charge >= 0.3 is 10.8 Å². The van der Waals surface area contributed by atoms with E-state index in [-0.39, 0.29) is 24.4 Å². The number of hydrogen-bond donors (Lipinski definition) is 0. The van der Waals surface area contributed by atoms with Crippen LogP contribution in [0.15, 0.2) is 28.1 Å². The van der Waals surface area contributed by atoms with Crippen molar-refractivity contribution in [2.75, 3.05) is 11.5 Å². The Hall–Kier alpha value is -2.81. The van der Waals surface area contributed by atoms with E-state index in [1.807, 2.05) is 0 Å². The largest absolute Gasteiger partial charge is 0.465 e. The number of nitrogens with zero attached hydrogens (tertiary/aromatic N) is 2. The first kappa shape index (κ1) is 18.5. The molecule has 0 fully saturated rings. The van der Waals surface area contributed by atoms with Gasteiger partial charge in [-0.3, -0.25) is 23.7 Å². The van der Waals surface area contributed by atoms with E-state index in [0.29, 0.717) is 28.7 Å². The fourth-order valence-corrected chi connectivity index (χ4v) is 4.59. The Labute approximate surface area is 163 Å². The maximum absolute atomic E-state index is 14.8. The average molecular weight is 404 g/mol.